The Morgan fingerprint density at radius 3 is 2.55 bits per heavy atom. The van der Waals surface area contributed by atoms with E-state index in [4.69, 9.17) is 10.00 Å². The minimum atomic E-state index is -0.489. The number of nitrogens with one attached hydrogen (secondary N) is 2. The molecular weight excluding hydrogens is 370 g/mol. The number of esters is 1. The summed E-state index contributed by atoms with van der Waals surface area (Å²) in [5.41, 5.74) is 1.68. The summed E-state index contributed by atoms with van der Waals surface area (Å²) in [6.07, 6.45) is 1.24. The molecule has 0 aliphatic rings. The van der Waals surface area contributed by atoms with Gasteiger partial charge < -0.3 is 15.4 Å². The second-order valence-electron chi connectivity index (χ2n) is 5.79. The minimum Gasteiger partial charge on any atom is -0.462 e. The Balaban J connectivity index is 1.81. The van der Waals surface area contributed by atoms with Gasteiger partial charge in [-0.15, -0.1) is 0 Å². The first-order valence-corrected chi connectivity index (χ1v) is 8.78. The predicted octanol–water partition coefficient (Wildman–Crippen LogP) is 3.52. The number of aromatic nitrogens is 2. The van der Waals surface area contributed by atoms with E-state index in [2.05, 4.69) is 20.6 Å². The highest BCUT2D eigenvalue weighted by Gasteiger charge is 2.14. The van der Waals surface area contributed by atoms with Crippen molar-refractivity contribution in [3.63, 3.8) is 0 Å². The topological polar surface area (TPSA) is 117 Å². The number of para-hydroxylation sites is 2. The first-order valence-electron chi connectivity index (χ1n) is 8.78. The minimum absolute atomic E-state index is 0.101. The van der Waals surface area contributed by atoms with Crippen LogP contribution in [0.25, 0.3) is 0 Å². The summed E-state index contributed by atoms with van der Waals surface area (Å²) in [5, 5.41) is 14.8. The lowest BCUT2D eigenvalue weighted by atomic mass is 10.1. The van der Waals surface area contributed by atoms with Gasteiger partial charge in [-0.1, -0.05) is 24.3 Å². The van der Waals surface area contributed by atoms with Crippen molar-refractivity contribution in [2.75, 3.05) is 17.2 Å². The van der Waals surface area contributed by atoms with E-state index in [0.717, 1.165) is 0 Å². The molecule has 0 atom stereocenters. The molecule has 1 aromatic heterocycles. The number of hydrogen-bond donors (Lipinski definition) is 2. The average Bonchev–Trinajstić information content (AvgIpc) is 2.75. The van der Waals surface area contributed by atoms with Crippen LogP contribution >= 0.6 is 0 Å². The standard InChI is InChI=1S/C21H17N5O3/c1-2-29-21(28)15-8-4-6-10-17(15)25-19-11-18(23-13-24-19)20(27)26-16-9-5-3-7-14(16)12-22/h3-11,13H,2H2,1H3,(H,26,27)(H,23,24,25). The van der Waals surface area contributed by atoms with Crippen LogP contribution in [-0.2, 0) is 4.74 Å². The number of ether oxygens (including phenoxy) is 1. The number of nitrogens with zero attached hydrogens (tertiary/aromatic N) is 3. The third-order valence-corrected chi connectivity index (χ3v) is 3.88. The summed E-state index contributed by atoms with van der Waals surface area (Å²) in [6.45, 7) is 1.99. The summed E-state index contributed by atoms with van der Waals surface area (Å²) < 4.78 is 5.05. The molecule has 1 heterocycles. The first-order chi connectivity index (χ1) is 14.1. The number of nitriles is 1. The molecule has 3 aromatic rings. The monoisotopic (exact) mass is 387 g/mol. The normalized spacial score (nSPS) is 9.93. The molecule has 2 N–H and O–H groups in total. The van der Waals surface area contributed by atoms with Crippen LogP contribution in [0.3, 0.4) is 0 Å². The molecule has 8 nitrogen and oxygen atoms in total. The Labute approximate surface area is 167 Å². The highest BCUT2D eigenvalue weighted by atomic mass is 16.5. The molecule has 0 aliphatic carbocycles. The molecule has 0 saturated heterocycles. The summed E-state index contributed by atoms with van der Waals surface area (Å²) in [7, 11) is 0. The van der Waals surface area contributed by atoms with E-state index < -0.39 is 11.9 Å². The molecule has 144 valence electrons. The molecule has 0 radical (unpaired) electrons. The summed E-state index contributed by atoms with van der Waals surface area (Å²) in [5.74, 6) is -0.622. The summed E-state index contributed by atoms with van der Waals surface area (Å²) in [6, 6.07) is 17.0. The second kappa shape index (κ2) is 9.10. The van der Waals surface area contributed by atoms with E-state index in [1.807, 2.05) is 6.07 Å². The highest BCUT2D eigenvalue weighted by molar-refractivity contribution is 6.04. The largest absolute Gasteiger partial charge is 0.462 e. The van der Waals surface area contributed by atoms with E-state index in [-0.39, 0.29) is 12.3 Å². The fourth-order valence-corrected chi connectivity index (χ4v) is 2.54. The maximum absolute atomic E-state index is 12.5. The number of benzene rings is 2. The van der Waals surface area contributed by atoms with Crippen LogP contribution in [0.1, 0.15) is 33.3 Å². The number of anilines is 3. The fraction of sp³-hybridized carbons (Fsp3) is 0.0952. The number of carbonyl (C=O) groups is 2. The van der Waals surface area contributed by atoms with Gasteiger partial charge in [0, 0.05) is 6.07 Å². The van der Waals surface area contributed by atoms with E-state index in [1.165, 1.54) is 12.4 Å². The van der Waals surface area contributed by atoms with Gasteiger partial charge in [0.25, 0.3) is 5.91 Å². The van der Waals surface area contributed by atoms with Crippen molar-refractivity contribution in [1.82, 2.24) is 9.97 Å². The number of rotatable bonds is 6. The summed E-state index contributed by atoms with van der Waals surface area (Å²) >= 11 is 0. The van der Waals surface area contributed by atoms with E-state index in [0.29, 0.717) is 28.3 Å². The zero-order valence-corrected chi connectivity index (χ0v) is 15.5. The molecule has 0 fully saturated rings. The molecule has 0 spiro atoms. The van der Waals surface area contributed by atoms with Gasteiger partial charge in [0.1, 0.15) is 23.9 Å². The van der Waals surface area contributed by atoms with E-state index in [1.54, 1.807) is 55.5 Å². The molecule has 0 unspecified atom stereocenters. The molecule has 2 aromatic carbocycles. The molecule has 0 aliphatic heterocycles. The molecule has 8 heteroatoms. The lowest BCUT2D eigenvalue weighted by molar-refractivity contribution is 0.0527. The van der Waals surface area contributed by atoms with Gasteiger partial charge in [-0.05, 0) is 31.2 Å². The second-order valence-corrected chi connectivity index (χ2v) is 5.79. The van der Waals surface area contributed by atoms with E-state index in [9.17, 15) is 9.59 Å². The third-order valence-electron chi connectivity index (χ3n) is 3.88. The quantitative estimate of drug-likeness (QED) is 0.621. The van der Waals surface area contributed by atoms with Crippen molar-refractivity contribution in [2.24, 2.45) is 0 Å². The van der Waals surface area contributed by atoms with Crippen molar-refractivity contribution < 1.29 is 14.3 Å². The van der Waals surface area contributed by atoms with Gasteiger partial charge in [0.2, 0.25) is 0 Å². The van der Waals surface area contributed by atoms with Crippen LogP contribution < -0.4 is 10.6 Å². The summed E-state index contributed by atoms with van der Waals surface area (Å²) in [4.78, 5) is 32.7. The predicted molar refractivity (Wildman–Crippen MR) is 107 cm³/mol. The van der Waals surface area contributed by atoms with Gasteiger partial charge in [0.05, 0.1) is 29.1 Å². The van der Waals surface area contributed by atoms with Gasteiger partial charge >= 0.3 is 5.97 Å². The average molecular weight is 387 g/mol. The van der Waals surface area contributed by atoms with E-state index >= 15 is 0 Å². The molecule has 3 rings (SSSR count). The van der Waals surface area contributed by atoms with Crippen molar-refractivity contribution >= 4 is 29.1 Å². The molecule has 0 bridgehead atoms. The Morgan fingerprint density at radius 2 is 1.79 bits per heavy atom. The van der Waals surface area contributed by atoms with Crippen LogP contribution in [-0.4, -0.2) is 28.5 Å². The third kappa shape index (κ3) is 4.73. The smallest absolute Gasteiger partial charge is 0.340 e. The van der Waals surface area contributed by atoms with Crippen molar-refractivity contribution in [2.45, 2.75) is 6.92 Å². The number of amides is 1. The van der Waals surface area contributed by atoms with Gasteiger partial charge in [-0.3, -0.25) is 4.79 Å². The lowest BCUT2D eigenvalue weighted by Gasteiger charge is -2.11. The highest BCUT2D eigenvalue weighted by Crippen LogP contribution is 2.21. The molecule has 1 amide bonds. The van der Waals surface area contributed by atoms with Gasteiger partial charge in [-0.25, -0.2) is 14.8 Å². The maximum atomic E-state index is 12.5. The lowest BCUT2D eigenvalue weighted by Crippen LogP contribution is -2.15. The van der Waals surface area contributed by atoms with Gasteiger partial charge in [0.15, 0.2) is 0 Å². The van der Waals surface area contributed by atoms with Crippen molar-refractivity contribution in [3.05, 3.63) is 77.7 Å². The molecular formula is C21H17N5O3. The van der Waals surface area contributed by atoms with Crippen LogP contribution in [0.2, 0.25) is 0 Å². The Morgan fingerprint density at radius 1 is 1.07 bits per heavy atom. The Kier molecular flexibility index (Phi) is 6.12. The van der Waals surface area contributed by atoms with Crippen molar-refractivity contribution in [1.29, 1.82) is 5.26 Å². The maximum Gasteiger partial charge on any atom is 0.340 e. The van der Waals surface area contributed by atoms with Gasteiger partial charge in [-0.2, -0.15) is 5.26 Å². The zero-order chi connectivity index (χ0) is 20.6. The van der Waals surface area contributed by atoms with Crippen LogP contribution in [0.4, 0.5) is 17.2 Å². The Bertz CT molecular complexity index is 1090. The molecule has 0 saturated carbocycles. The number of carbonyl (C=O) groups excluding carboxylic acids is 2. The van der Waals surface area contributed by atoms with Crippen LogP contribution in [0.15, 0.2) is 60.9 Å². The Hall–Kier alpha value is -4.25. The van der Waals surface area contributed by atoms with Crippen LogP contribution in [0.5, 0.6) is 0 Å². The fourth-order valence-electron chi connectivity index (χ4n) is 2.54. The SMILES string of the molecule is CCOC(=O)c1ccccc1Nc1cc(C(=O)Nc2ccccc2C#N)ncn1. The van der Waals surface area contributed by atoms with Crippen LogP contribution in [0, 0.1) is 11.3 Å². The molecule has 29 heavy (non-hydrogen) atoms. The van der Waals surface area contributed by atoms with Crippen molar-refractivity contribution in [3.8, 4) is 6.07 Å². The zero-order valence-electron chi connectivity index (χ0n) is 15.5. The number of hydrogen-bond acceptors (Lipinski definition) is 7. The first kappa shape index (κ1) is 19.5.